The van der Waals surface area contributed by atoms with Crippen molar-refractivity contribution in [3.05, 3.63) is 64.1 Å². The molecule has 5 heterocycles. The Kier molecular flexibility index (Phi) is 5.75. The first-order valence-electron chi connectivity index (χ1n) is 12.0. The molecule has 3 aromatic rings. The molecule has 2 aromatic heterocycles. The molecule has 0 aliphatic carbocycles. The smallest absolute Gasteiger partial charge is 0.151 e. The van der Waals surface area contributed by atoms with Crippen molar-refractivity contribution < 1.29 is 9.13 Å². The summed E-state index contributed by atoms with van der Waals surface area (Å²) in [5.41, 5.74) is 2.95. The van der Waals surface area contributed by atoms with E-state index < -0.39 is 0 Å². The fraction of sp³-hybridized carbons (Fsp3) is 0.480. The van der Waals surface area contributed by atoms with Crippen molar-refractivity contribution in [2.24, 2.45) is 0 Å². The van der Waals surface area contributed by atoms with Crippen molar-refractivity contribution in [2.75, 3.05) is 31.2 Å². The number of nitrogens with zero attached hydrogens (tertiary/aromatic N) is 6. The maximum atomic E-state index is 13.7. The van der Waals surface area contributed by atoms with E-state index in [0.717, 1.165) is 86.8 Å². The Morgan fingerprint density at radius 2 is 1.94 bits per heavy atom. The second-order valence-corrected chi connectivity index (χ2v) is 9.99. The molecule has 0 N–H and O–H groups in total. The number of anilines is 1. The third-order valence-electron chi connectivity index (χ3n) is 7.39. The summed E-state index contributed by atoms with van der Waals surface area (Å²) in [6, 6.07) is 8.34. The van der Waals surface area contributed by atoms with Gasteiger partial charge in [-0.3, -0.25) is 9.47 Å². The highest BCUT2D eigenvalue weighted by Gasteiger charge is 2.33. The summed E-state index contributed by atoms with van der Waals surface area (Å²) in [5.74, 6) is 2.87. The van der Waals surface area contributed by atoms with Crippen molar-refractivity contribution in [1.82, 2.24) is 24.6 Å². The first-order chi connectivity index (χ1) is 16.6. The van der Waals surface area contributed by atoms with Gasteiger partial charge in [0.1, 0.15) is 17.5 Å². The van der Waals surface area contributed by atoms with E-state index in [4.69, 9.17) is 21.4 Å². The quantitative estimate of drug-likeness (QED) is 0.556. The van der Waals surface area contributed by atoms with E-state index in [9.17, 15) is 4.39 Å². The van der Waals surface area contributed by atoms with E-state index in [-0.39, 0.29) is 5.82 Å². The zero-order valence-electron chi connectivity index (χ0n) is 19.3. The summed E-state index contributed by atoms with van der Waals surface area (Å²) >= 11 is 6.40. The molecule has 1 aromatic carbocycles. The van der Waals surface area contributed by atoms with E-state index in [1.54, 1.807) is 6.92 Å². The molecule has 9 heteroatoms. The third kappa shape index (κ3) is 3.97. The highest BCUT2D eigenvalue weighted by atomic mass is 35.5. The van der Waals surface area contributed by atoms with Crippen LogP contribution in [-0.4, -0.2) is 57.0 Å². The minimum Gasteiger partial charge on any atom is -0.380 e. The largest absolute Gasteiger partial charge is 0.380 e. The van der Waals surface area contributed by atoms with Gasteiger partial charge in [-0.05, 0) is 61.6 Å². The Labute approximate surface area is 203 Å². The van der Waals surface area contributed by atoms with Crippen LogP contribution in [0.5, 0.6) is 0 Å². The molecule has 0 amide bonds. The fourth-order valence-electron chi connectivity index (χ4n) is 5.45. The number of hydrogen-bond acceptors (Lipinski definition) is 6. The molecule has 6 rings (SSSR count). The summed E-state index contributed by atoms with van der Waals surface area (Å²) in [4.78, 5) is 8.99. The lowest BCUT2D eigenvalue weighted by atomic mass is 9.95. The summed E-state index contributed by atoms with van der Waals surface area (Å²) in [7, 11) is 0. The molecule has 1 atom stereocenters. The third-order valence-corrected chi connectivity index (χ3v) is 7.63. The maximum Gasteiger partial charge on any atom is 0.151 e. The van der Waals surface area contributed by atoms with Gasteiger partial charge in [-0.15, -0.1) is 10.2 Å². The van der Waals surface area contributed by atoms with Gasteiger partial charge in [0.25, 0.3) is 0 Å². The van der Waals surface area contributed by atoms with Crippen LogP contribution in [0.25, 0.3) is 5.69 Å². The van der Waals surface area contributed by atoms with Crippen LogP contribution in [0.1, 0.15) is 48.0 Å². The van der Waals surface area contributed by atoms with E-state index >= 15 is 0 Å². The minimum atomic E-state index is -0.262. The number of halogens is 2. The van der Waals surface area contributed by atoms with Crippen LogP contribution in [0.2, 0.25) is 5.02 Å². The lowest BCUT2D eigenvalue weighted by Crippen LogP contribution is -2.34. The van der Waals surface area contributed by atoms with Crippen LogP contribution >= 0.6 is 11.6 Å². The van der Waals surface area contributed by atoms with Gasteiger partial charge in [-0.2, -0.15) is 0 Å². The molecule has 0 bridgehead atoms. The number of hydrogen-bond donors (Lipinski definition) is 0. The molecular formula is C25H28ClFN6O. The SMILES string of the molecule is Cc1cc(N2CCC(c3nnc4n3-c3ccc(Cl)cc3CN([C@@H]3CCOC3)C4)CC2)ncc1F. The van der Waals surface area contributed by atoms with E-state index in [1.807, 2.05) is 12.1 Å². The highest BCUT2D eigenvalue weighted by molar-refractivity contribution is 6.30. The lowest BCUT2D eigenvalue weighted by Gasteiger charge is -2.32. The zero-order valence-corrected chi connectivity index (χ0v) is 20.0. The monoisotopic (exact) mass is 482 g/mol. The van der Waals surface area contributed by atoms with E-state index in [2.05, 4.69) is 36.6 Å². The Morgan fingerprint density at radius 1 is 1.09 bits per heavy atom. The van der Waals surface area contributed by atoms with Gasteiger partial charge in [0.2, 0.25) is 0 Å². The fourth-order valence-corrected chi connectivity index (χ4v) is 5.64. The number of ether oxygens (including phenoxy) is 1. The topological polar surface area (TPSA) is 59.3 Å². The van der Waals surface area contributed by atoms with Crippen LogP contribution in [0.3, 0.4) is 0 Å². The number of aryl methyl sites for hydroxylation is 1. The molecule has 34 heavy (non-hydrogen) atoms. The van der Waals surface area contributed by atoms with Gasteiger partial charge in [-0.25, -0.2) is 9.37 Å². The average Bonchev–Trinajstić information content (AvgIpc) is 3.49. The van der Waals surface area contributed by atoms with Crippen LogP contribution in [0, 0.1) is 12.7 Å². The van der Waals surface area contributed by atoms with Crippen molar-refractivity contribution in [1.29, 1.82) is 0 Å². The Bertz CT molecular complexity index is 1200. The van der Waals surface area contributed by atoms with Gasteiger partial charge in [-0.1, -0.05) is 11.6 Å². The number of benzene rings is 1. The van der Waals surface area contributed by atoms with E-state index in [1.165, 1.54) is 11.8 Å². The summed E-state index contributed by atoms with van der Waals surface area (Å²) in [6.45, 7) is 6.61. The van der Waals surface area contributed by atoms with Crippen molar-refractivity contribution in [2.45, 2.75) is 51.2 Å². The lowest BCUT2D eigenvalue weighted by molar-refractivity contribution is 0.133. The molecule has 178 valence electrons. The maximum absolute atomic E-state index is 13.7. The second kappa shape index (κ2) is 8.91. The molecule has 0 radical (unpaired) electrons. The second-order valence-electron chi connectivity index (χ2n) is 9.56. The minimum absolute atomic E-state index is 0.262. The molecule has 2 fully saturated rings. The molecule has 3 aliphatic heterocycles. The van der Waals surface area contributed by atoms with E-state index in [0.29, 0.717) is 17.5 Å². The van der Waals surface area contributed by atoms with Crippen LogP contribution in [0.15, 0.2) is 30.5 Å². The average molecular weight is 483 g/mol. The standard InChI is InChI=1S/C25H28ClFN6O/c1-16-10-23(28-12-21(16)27)31-7-4-17(5-8-31)25-30-29-24-14-32(20-6-9-34-15-20)13-18-11-19(26)2-3-22(18)33(24)25/h2-3,10-12,17,20H,4-9,13-15H2,1H3/t20-/m1/s1. The van der Waals surface area contributed by atoms with Crippen molar-refractivity contribution >= 4 is 17.4 Å². The molecule has 0 spiro atoms. The summed E-state index contributed by atoms with van der Waals surface area (Å²) in [5, 5.41) is 10.1. The number of fused-ring (bicyclic) bond motifs is 3. The summed E-state index contributed by atoms with van der Waals surface area (Å²) in [6.07, 6.45) is 4.24. The predicted octanol–water partition coefficient (Wildman–Crippen LogP) is 4.25. The van der Waals surface area contributed by atoms with Crippen LogP contribution in [-0.2, 0) is 17.8 Å². The Balaban J connectivity index is 1.29. The number of piperidine rings is 1. The van der Waals surface area contributed by atoms with Crippen LogP contribution < -0.4 is 4.90 Å². The molecule has 3 aliphatic rings. The van der Waals surface area contributed by atoms with Gasteiger partial charge >= 0.3 is 0 Å². The normalized spacial score (nSPS) is 21.4. The molecule has 0 saturated carbocycles. The zero-order chi connectivity index (χ0) is 23.2. The van der Waals surface area contributed by atoms with Gasteiger partial charge < -0.3 is 9.64 Å². The van der Waals surface area contributed by atoms with Gasteiger partial charge in [0.15, 0.2) is 5.82 Å². The Hall–Kier alpha value is -2.55. The first kappa shape index (κ1) is 21.9. The van der Waals surface area contributed by atoms with Gasteiger partial charge in [0, 0.05) is 43.2 Å². The number of pyridine rings is 1. The van der Waals surface area contributed by atoms with Gasteiger partial charge in [0.05, 0.1) is 25.0 Å². The summed E-state index contributed by atoms with van der Waals surface area (Å²) < 4.78 is 21.6. The molecular weight excluding hydrogens is 455 g/mol. The first-order valence-corrected chi connectivity index (χ1v) is 12.4. The number of aromatic nitrogens is 4. The highest BCUT2D eigenvalue weighted by Crippen LogP contribution is 2.35. The Morgan fingerprint density at radius 3 is 2.71 bits per heavy atom. The van der Waals surface area contributed by atoms with Crippen molar-refractivity contribution in [3.8, 4) is 5.69 Å². The number of rotatable bonds is 3. The molecule has 2 saturated heterocycles. The predicted molar refractivity (Wildman–Crippen MR) is 128 cm³/mol. The molecule has 7 nitrogen and oxygen atoms in total. The van der Waals surface area contributed by atoms with Crippen LogP contribution in [0.4, 0.5) is 10.2 Å². The van der Waals surface area contributed by atoms with Crippen molar-refractivity contribution in [3.63, 3.8) is 0 Å². The molecule has 0 unspecified atom stereocenters.